The number of ether oxygens (including phenoxy) is 1. The van der Waals surface area contributed by atoms with Gasteiger partial charge in [-0.05, 0) is 31.9 Å². The number of aryl methyl sites for hydroxylation is 2. The minimum absolute atomic E-state index is 0.245. The minimum atomic E-state index is -0.839. The lowest BCUT2D eigenvalue weighted by Crippen LogP contribution is -2.22. The Kier molecular flexibility index (Phi) is 3.60. The van der Waals surface area contributed by atoms with Crippen LogP contribution in [0.5, 0.6) is 5.75 Å². The number of rotatable bonds is 4. The third kappa shape index (κ3) is 2.89. The SMILES string of the molecule is Cc1ccc(OCc2nc3n(n2)CCCC3C(=O)O)cc1. The third-order valence-corrected chi connectivity index (χ3v) is 3.61. The van der Waals surface area contributed by atoms with E-state index >= 15 is 0 Å². The van der Waals surface area contributed by atoms with Crippen LogP contribution in [-0.4, -0.2) is 25.8 Å². The van der Waals surface area contributed by atoms with Gasteiger partial charge in [0.25, 0.3) is 0 Å². The quantitative estimate of drug-likeness (QED) is 0.932. The van der Waals surface area contributed by atoms with Gasteiger partial charge in [0.15, 0.2) is 5.82 Å². The lowest BCUT2D eigenvalue weighted by atomic mass is 10.00. The van der Waals surface area contributed by atoms with Gasteiger partial charge in [-0.2, -0.15) is 5.10 Å². The van der Waals surface area contributed by atoms with Gasteiger partial charge in [-0.1, -0.05) is 17.7 Å². The van der Waals surface area contributed by atoms with Crippen LogP contribution in [0.1, 0.15) is 36.0 Å². The van der Waals surface area contributed by atoms with Gasteiger partial charge < -0.3 is 9.84 Å². The summed E-state index contributed by atoms with van der Waals surface area (Å²) in [6, 6.07) is 7.74. The standard InChI is InChI=1S/C15H17N3O3/c1-10-4-6-11(7-5-10)21-9-13-16-14-12(15(19)20)3-2-8-18(14)17-13/h4-7,12H,2-3,8-9H2,1H3,(H,19,20). The largest absolute Gasteiger partial charge is 0.486 e. The molecule has 0 fully saturated rings. The molecule has 2 heterocycles. The summed E-state index contributed by atoms with van der Waals surface area (Å²) in [5.41, 5.74) is 1.17. The van der Waals surface area contributed by atoms with Crippen molar-refractivity contribution in [3.8, 4) is 5.75 Å². The van der Waals surface area contributed by atoms with Gasteiger partial charge in [0.05, 0.1) is 0 Å². The van der Waals surface area contributed by atoms with Gasteiger partial charge in [-0.15, -0.1) is 0 Å². The molecular formula is C15H17N3O3. The number of carbonyl (C=O) groups is 1. The minimum Gasteiger partial charge on any atom is -0.486 e. The average molecular weight is 287 g/mol. The molecule has 1 N–H and O–H groups in total. The van der Waals surface area contributed by atoms with Crippen LogP contribution in [0.3, 0.4) is 0 Å². The van der Waals surface area contributed by atoms with Crippen molar-refractivity contribution in [3.63, 3.8) is 0 Å². The van der Waals surface area contributed by atoms with Crippen LogP contribution >= 0.6 is 0 Å². The number of hydrogen-bond donors (Lipinski definition) is 1. The van der Waals surface area contributed by atoms with Crippen LogP contribution < -0.4 is 4.74 Å². The number of aliphatic carboxylic acids is 1. The zero-order chi connectivity index (χ0) is 14.8. The molecular weight excluding hydrogens is 270 g/mol. The molecule has 0 saturated heterocycles. The van der Waals surface area contributed by atoms with E-state index in [1.54, 1.807) is 4.68 Å². The summed E-state index contributed by atoms with van der Waals surface area (Å²) in [5.74, 6) is 0.423. The van der Waals surface area contributed by atoms with E-state index in [0.29, 0.717) is 18.1 Å². The first kappa shape index (κ1) is 13.6. The molecule has 2 aromatic rings. The number of hydrogen-bond acceptors (Lipinski definition) is 4. The Labute approximate surface area is 122 Å². The van der Waals surface area contributed by atoms with Crippen molar-refractivity contribution in [2.24, 2.45) is 0 Å². The molecule has 0 radical (unpaired) electrons. The van der Waals surface area contributed by atoms with E-state index in [9.17, 15) is 9.90 Å². The topological polar surface area (TPSA) is 77.2 Å². The van der Waals surface area contributed by atoms with Crippen molar-refractivity contribution in [3.05, 3.63) is 41.5 Å². The number of fused-ring (bicyclic) bond motifs is 1. The predicted molar refractivity (Wildman–Crippen MR) is 75.1 cm³/mol. The summed E-state index contributed by atoms with van der Waals surface area (Å²) in [6.07, 6.45) is 1.43. The number of carboxylic acids is 1. The molecule has 1 aliphatic rings. The highest BCUT2D eigenvalue weighted by Gasteiger charge is 2.29. The maximum absolute atomic E-state index is 11.2. The summed E-state index contributed by atoms with van der Waals surface area (Å²) >= 11 is 0. The second kappa shape index (κ2) is 5.55. The Bertz CT molecular complexity index is 649. The first-order chi connectivity index (χ1) is 10.1. The summed E-state index contributed by atoms with van der Waals surface area (Å²) < 4.78 is 7.33. The first-order valence-corrected chi connectivity index (χ1v) is 6.99. The van der Waals surface area contributed by atoms with E-state index in [0.717, 1.165) is 18.7 Å². The van der Waals surface area contributed by atoms with E-state index < -0.39 is 11.9 Å². The highest BCUT2D eigenvalue weighted by atomic mass is 16.5. The van der Waals surface area contributed by atoms with Crippen molar-refractivity contribution in [2.75, 3.05) is 0 Å². The second-order valence-electron chi connectivity index (χ2n) is 5.24. The van der Waals surface area contributed by atoms with Crippen molar-refractivity contribution in [1.82, 2.24) is 14.8 Å². The molecule has 1 atom stereocenters. The van der Waals surface area contributed by atoms with Crippen LogP contribution in [0.15, 0.2) is 24.3 Å². The van der Waals surface area contributed by atoms with Crippen LogP contribution in [-0.2, 0) is 17.9 Å². The monoisotopic (exact) mass is 287 g/mol. The van der Waals surface area contributed by atoms with Crippen LogP contribution in [0.2, 0.25) is 0 Å². The molecule has 6 heteroatoms. The molecule has 0 amide bonds. The van der Waals surface area contributed by atoms with E-state index in [2.05, 4.69) is 10.1 Å². The summed E-state index contributed by atoms with van der Waals surface area (Å²) in [7, 11) is 0. The smallest absolute Gasteiger partial charge is 0.314 e. The second-order valence-corrected chi connectivity index (χ2v) is 5.24. The zero-order valence-corrected chi connectivity index (χ0v) is 11.8. The fourth-order valence-corrected chi connectivity index (χ4v) is 2.48. The summed E-state index contributed by atoms with van der Waals surface area (Å²) in [4.78, 5) is 15.6. The van der Waals surface area contributed by atoms with Crippen molar-refractivity contribution in [2.45, 2.75) is 38.8 Å². The van der Waals surface area contributed by atoms with Crippen LogP contribution in [0, 0.1) is 6.92 Å². The van der Waals surface area contributed by atoms with Gasteiger partial charge >= 0.3 is 5.97 Å². The summed E-state index contributed by atoms with van der Waals surface area (Å²) in [6.45, 7) is 2.98. The molecule has 1 aliphatic heterocycles. The molecule has 0 aliphatic carbocycles. The van der Waals surface area contributed by atoms with Crippen LogP contribution in [0.4, 0.5) is 0 Å². The van der Waals surface area contributed by atoms with E-state index in [4.69, 9.17) is 4.74 Å². The normalized spacial score (nSPS) is 17.3. The molecule has 1 aromatic carbocycles. The Morgan fingerprint density at radius 2 is 2.19 bits per heavy atom. The number of aromatic nitrogens is 3. The highest BCUT2D eigenvalue weighted by molar-refractivity contribution is 5.75. The van der Waals surface area contributed by atoms with Gasteiger partial charge in [0, 0.05) is 6.54 Å². The number of nitrogens with zero attached hydrogens (tertiary/aromatic N) is 3. The Morgan fingerprint density at radius 1 is 1.43 bits per heavy atom. The molecule has 6 nitrogen and oxygen atoms in total. The molecule has 0 bridgehead atoms. The molecule has 1 aromatic heterocycles. The molecule has 21 heavy (non-hydrogen) atoms. The van der Waals surface area contributed by atoms with Crippen LogP contribution in [0.25, 0.3) is 0 Å². The van der Waals surface area contributed by atoms with Crippen molar-refractivity contribution >= 4 is 5.97 Å². The maximum Gasteiger partial charge on any atom is 0.314 e. The first-order valence-electron chi connectivity index (χ1n) is 6.99. The van der Waals surface area contributed by atoms with E-state index in [1.165, 1.54) is 5.56 Å². The van der Waals surface area contributed by atoms with Gasteiger partial charge in [0.2, 0.25) is 0 Å². The summed E-state index contributed by atoms with van der Waals surface area (Å²) in [5, 5.41) is 13.5. The Balaban J connectivity index is 1.72. The van der Waals surface area contributed by atoms with Crippen molar-refractivity contribution < 1.29 is 14.6 Å². The Morgan fingerprint density at radius 3 is 2.90 bits per heavy atom. The lowest BCUT2D eigenvalue weighted by molar-refractivity contribution is -0.139. The highest BCUT2D eigenvalue weighted by Crippen LogP contribution is 2.25. The predicted octanol–water partition coefficient (Wildman–Crippen LogP) is 2.13. The fourth-order valence-electron chi connectivity index (χ4n) is 2.48. The van der Waals surface area contributed by atoms with Gasteiger partial charge in [-0.3, -0.25) is 4.79 Å². The molecule has 3 rings (SSSR count). The number of carboxylic acid groups (broad SMARTS) is 1. The maximum atomic E-state index is 11.2. The van der Waals surface area contributed by atoms with Crippen molar-refractivity contribution in [1.29, 1.82) is 0 Å². The number of benzene rings is 1. The zero-order valence-electron chi connectivity index (χ0n) is 11.8. The molecule has 1 unspecified atom stereocenters. The van der Waals surface area contributed by atoms with E-state index in [-0.39, 0.29) is 6.61 Å². The third-order valence-electron chi connectivity index (χ3n) is 3.61. The molecule has 0 saturated carbocycles. The van der Waals surface area contributed by atoms with Gasteiger partial charge in [0.1, 0.15) is 24.1 Å². The Hall–Kier alpha value is -2.37. The fraction of sp³-hybridized carbons (Fsp3) is 0.400. The average Bonchev–Trinajstić information content (AvgIpc) is 2.89. The van der Waals surface area contributed by atoms with E-state index in [1.807, 2.05) is 31.2 Å². The molecule has 110 valence electrons. The lowest BCUT2D eigenvalue weighted by Gasteiger charge is -2.17. The van der Waals surface area contributed by atoms with Gasteiger partial charge in [-0.25, -0.2) is 9.67 Å². The molecule has 0 spiro atoms.